The van der Waals surface area contributed by atoms with Gasteiger partial charge in [-0.15, -0.1) is 0 Å². The van der Waals surface area contributed by atoms with Crippen LogP contribution in [0.25, 0.3) is 22.4 Å². The Morgan fingerprint density at radius 1 is 1.12 bits per heavy atom. The number of carbonyl (C=O) groups is 1. The Kier molecular flexibility index (Phi) is 3.50. The summed E-state index contributed by atoms with van der Waals surface area (Å²) in [6.07, 6.45) is 0. The molecular weight excluding hydrogens is 321 g/mol. The van der Waals surface area contributed by atoms with Gasteiger partial charge in [0, 0.05) is 11.1 Å². The van der Waals surface area contributed by atoms with E-state index in [-0.39, 0.29) is 23.4 Å². The number of halogens is 1. The first-order valence-corrected chi connectivity index (χ1v) is 7.81. The summed E-state index contributed by atoms with van der Waals surface area (Å²) in [5.41, 5.74) is 2.26. The topological polar surface area (TPSA) is 48.3 Å². The number of benzene rings is 2. The van der Waals surface area contributed by atoms with Crippen LogP contribution in [0.1, 0.15) is 15.9 Å². The fourth-order valence-electron chi connectivity index (χ4n) is 3.31. The van der Waals surface area contributed by atoms with E-state index in [0.29, 0.717) is 22.3 Å². The van der Waals surface area contributed by atoms with Crippen molar-refractivity contribution < 1.29 is 13.9 Å². The molecule has 4 nitrogen and oxygen atoms in total. The Morgan fingerprint density at radius 3 is 2.60 bits per heavy atom. The average molecular weight is 335 g/mol. The van der Waals surface area contributed by atoms with Gasteiger partial charge in [-0.05, 0) is 23.3 Å². The van der Waals surface area contributed by atoms with E-state index in [1.807, 2.05) is 18.2 Å². The quantitative estimate of drug-likeness (QED) is 0.527. The molecule has 2 heterocycles. The number of pyridine rings is 1. The molecular formula is C20H14FNO3. The Balaban J connectivity index is 2.08. The van der Waals surface area contributed by atoms with Gasteiger partial charge in [0.1, 0.15) is 5.82 Å². The molecule has 3 aromatic rings. The molecule has 2 aromatic carbocycles. The van der Waals surface area contributed by atoms with E-state index in [9.17, 15) is 14.0 Å². The van der Waals surface area contributed by atoms with Crippen molar-refractivity contribution in [3.8, 4) is 22.4 Å². The van der Waals surface area contributed by atoms with Gasteiger partial charge >= 0.3 is 5.97 Å². The van der Waals surface area contributed by atoms with E-state index in [1.54, 1.807) is 24.3 Å². The van der Waals surface area contributed by atoms with E-state index in [0.717, 1.165) is 0 Å². The monoisotopic (exact) mass is 335 g/mol. The number of nitrogens with zero attached hydrogens (tertiary/aromatic N) is 1. The molecule has 4 rings (SSSR count). The van der Waals surface area contributed by atoms with Crippen LogP contribution >= 0.6 is 0 Å². The lowest BCUT2D eigenvalue weighted by molar-refractivity contribution is 0.0601. The van der Waals surface area contributed by atoms with Gasteiger partial charge in [-0.1, -0.05) is 42.5 Å². The third-order valence-corrected chi connectivity index (χ3v) is 4.44. The lowest BCUT2D eigenvalue weighted by atomic mass is 10.00. The molecule has 0 atom stereocenters. The zero-order chi connectivity index (χ0) is 17.6. The Labute approximate surface area is 143 Å². The van der Waals surface area contributed by atoms with Crippen LogP contribution in [-0.4, -0.2) is 17.6 Å². The van der Waals surface area contributed by atoms with Crippen LogP contribution in [0.15, 0.2) is 59.4 Å². The summed E-state index contributed by atoms with van der Waals surface area (Å²) >= 11 is 0. The van der Waals surface area contributed by atoms with E-state index < -0.39 is 11.8 Å². The van der Waals surface area contributed by atoms with Crippen LogP contribution in [0.3, 0.4) is 0 Å². The van der Waals surface area contributed by atoms with Gasteiger partial charge in [0.15, 0.2) is 0 Å². The highest BCUT2D eigenvalue weighted by atomic mass is 19.1. The van der Waals surface area contributed by atoms with E-state index >= 15 is 0 Å². The minimum Gasteiger partial charge on any atom is -0.465 e. The van der Waals surface area contributed by atoms with Crippen molar-refractivity contribution in [3.63, 3.8) is 0 Å². The van der Waals surface area contributed by atoms with Gasteiger partial charge in [0.2, 0.25) is 0 Å². The fraction of sp³-hybridized carbons (Fsp3) is 0.100. The Bertz CT molecular complexity index is 1050. The maximum absolute atomic E-state index is 14.4. The number of methoxy groups -OCH3 is 1. The maximum atomic E-state index is 14.4. The average Bonchev–Trinajstić information content (AvgIpc) is 3.04. The SMILES string of the molecule is COC(=O)c1cc(-c2ccccc2)c(=O)n2c1-c1c(F)cccc1C2. The highest BCUT2D eigenvalue weighted by molar-refractivity contribution is 5.98. The first-order valence-electron chi connectivity index (χ1n) is 7.81. The van der Waals surface area contributed by atoms with Crippen LogP contribution < -0.4 is 5.56 Å². The highest BCUT2D eigenvalue weighted by Crippen LogP contribution is 2.36. The van der Waals surface area contributed by atoms with Gasteiger partial charge in [0.25, 0.3) is 5.56 Å². The van der Waals surface area contributed by atoms with Crippen LogP contribution in [0.5, 0.6) is 0 Å². The lowest BCUT2D eigenvalue weighted by Gasteiger charge is -2.12. The number of fused-ring (bicyclic) bond motifs is 3. The first-order chi connectivity index (χ1) is 12.1. The zero-order valence-electron chi connectivity index (χ0n) is 13.5. The molecule has 1 aliphatic rings. The van der Waals surface area contributed by atoms with Crippen LogP contribution in [-0.2, 0) is 11.3 Å². The summed E-state index contributed by atoms with van der Waals surface area (Å²) in [4.78, 5) is 25.3. The minimum atomic E-state index is -0.600. The summed E-state index contributed by atoms with van der Waals surface area (Å²) in [7, 11) is 1.27. The second-order valence-corrected chi connectivity index (χ2v) is 5.84. The van der Waals surface area contributed by atoms with Crippen molar-refractivity contribution in [3.05, 3.63) is 81.9 Å². The summed E-state index contributed by atoms with van der Waals surface area (Å²) < 4.78 is 20.7. The number of ether oxygens (including phenoxy) is 1. The molecule has 25 heavy (non-hydrogen) atoms. The smallest absolute Gasteiger partial charge is 0.340 e. The minimum absolute atomic E-state index is 0.185. The van der Waals surface area contributed by atoms with Crippen LogP contribution in [0, 0.1) is 5.82 Å². The molecule has 0 aliphatic carbocycles. The molecule has 1 aliphatic heterocycles. The van der Waals surface area contributed by atoms with Gasteiger partial charge < -0.3 is 9.30 Å². The second kappa shape index (κ2) is 5.70. The normalized spacial score (nSPS) is 11.8. The Morgan fingerprint density at radius 2 is 1.88 bits per heavy atom. The summed E-state index contributed by atoms with van der Waals surface area (Å²) in [5, 5.41) is 0. The molecule has 5 heteroatoms. The van der Waals surface area contributed by atoms with E-state index in [4.69, 9.17) is 4.74 Å². The standard InChI is InChI=1S/C20H14FNO3/c1-25-20(24)15-10-14(12-6-3-2-4-7-12)19(23)22-11-13-8-5-9-16(21)17(13)18(15)22/h2-10H,11H2,1H3. The van der Waals surface area contributed by atoms with E-state index in [2.05, 4.69) is 0 Å². The molecule has 0 N–H and O–H groups in total. The number of aromatic nitrogens is 1. The molecule has 0 spiro atoms. The van der Waals surface area contributed by atoms with Crippen molar-refractivity contribution in [2.45, 2.75) is 6.54 Å². The molecule has 0 saturated carbocycles. The second-order valence-electron chi connectivity index (χ2n) is 5.84. The highest BCUT2D eigenvalue weighted by Gasteiger charge is 2.30. The lowest BCUT2D eigenvalue weighted by Crippen LogP contribution is -2.23. The molecule has 0 fully saturated rings. The third kappa shape index (κ3) is 2.28. The number of rotatable bonds is 2. The molecule has 0 saturated heterocycles. The van der Waals surface area contributed by atoms with Crippen molar-refractivity contribution in [1.82, 2.24) is 4.57 Å². The largest absolute Gasteiger partial charge is 0.465 e. The molecule has 1 aromatic heterocycles. The van der Waals surface area contributed by atoms with Gasteiger partial charge in [-0.2, -0.15) is 0 Å². The molecule has 0 amide bonds. The number of hydrogen-bond donors (Lipinski definition) is 0. The van der Waals surface area contributed by atoms with E-state index in [1.165, 1.54) is 23.8 Å². The van der Waals surface area contributed by atoms with Crippen molar-refractivity contribution >= 4 is 5.97 Å². The molecule has 0 radical (unpaired) electrons. The van der Waals surface area contributed by atoms with Crippen LogP contribution in [0.4, 0.5) is 4.39 Å². The number of esters is 1. The van der Waals surface area contributed by atoms with Crippen molar-refractivity contribution in [1.29, 1.82) is 0 Å². The third-order valence-electron chi connectivity index (χ3n) is 4.44. The summed E-state index contributed by atoms with van der Waals surface area (Å²) in [5.74, 6) is -1.06. The van der Waals surface area contributed by atoms with Gasteiger partial charge in [-0.3, -0.25) is 4.79 Å². The molecule has 124 valence electrons. The Hall–Kier alpha value is -3.21. The molecule has 0 unspecified atom stereocenters. The van der Waals surface area contributed by atoms with Gasteiger partial charge in [-0.25, -0.2) is 9.18 Å². The summed E-state index contributed by atoms with van der Waals surface area (Å²) in [6.45, 7) is 0.228. The zero-order valence-corrected chi connectivity index (χ0v) is 13.5. The fourth-order valence-corrected chi connectivity index (χ4v) is 3.31. The summed E-state index contributed by atoms with van der Waals surface area (Å²) in [6, 6.07) is 15.3. The van der Waals surface area contributed by atoms with Crippen molar-refractivity contribution in [2.75, 3.05) is 7.11 Å². The van der Waals surface area contributed by atoms with Crippen molar-refractivity contribution in [2.24, 2.45) is 0 Å². The number of hydrogen-bond acceptors (Lipinski definition) is 3. The van der Waals surface area contributed by atoms with Crippen LogP contribution in [0.2, 0.25) is 0 Å². The predicted molar refractivity (Wildman–Crippen MR) is 92.0 cm³/mol. The predicted octanol–water partition coefficient (Wildman–Crippen LogP) is 3.47. The number of carbonyl (C=O) groups excluding carboxylic acids is 1. The van der Waals surface area contributed by atoms with Gasteiger partial charge in [0.05, 0.1) is 24.9 Å². The maximum Gasteiger partial charge on any atom is 0.340 e. The molecule has 0 bridgehead atoms. The first kappa shape index (κ1) is 15.3.